The lowest BCUT2D eigenvalue weighted by Gasteiger charge is -2.24. The molecule has 6 heteroatoms. The van der Waals surface area contributed by atoms with E-state index in [-0.39, 0.29) is 11.8 Å². The van der Waals surface area contributed by atoms with E-state index in [4.69, 9.17) is 0 Å². The number of carbonyl (C=O) groups excluding carboxylic acids is 1. The van der Waals surface area contributed by atoms with E-state index in [1.165, 1.54) is 6.07 Å². The predicted molar refractivity (Wildman–Crippen MR) is 97.3 cm³/mol. The van der Waals surface area contributed by atoms with E-state index in [0.29, 0.717) is 37.2 Å². The van der Waals surface area contributed by atoms with Crippen molar-refractivity contribution in [3.63, 3.8) is 0 Å². The van der Waals surface area contributed by atoms with Gasteiger partial charge in [-0.1, -0.05) is 30.3 Å². The van der Waals surface area contributed by atoms with Crippen LogP contribution in [0.4, 0.5) is 8.78 Å². The van der Waals surface area contributed by atoms with Crippen molar-refractivity contribution < 1.29 is 13.6 Å². The Hall–Kier alpha value is -3.02. The average Bonchev–Trinajstić information content (AvgIpc) is 3.12. The number of hydrogen-bond donors (Lipinski definition) is 1. The van der Waals surface area contributed by atoms with Gasteiger partial charge in [0.15, 0.2) is 0 Å². The van der Waals surface area contributed by atoms with Gasteiger partial charge in [0.05, 0.1) is 0 Å². The molecule has 1 amide bonds. The van der Waals surface area contributed by atoms with Crippen molar-refractivity contribution >= 4 is 5.91 Å². The first-order valence-electron chi connectivity index (χ1n) is 8.93. The molecular weight excluding hydrogens is 348 g/mol. The highest BCUT2D eigenvalue weighted by atomic mass is 19.1. The Morgan fingerprint density at radius 3 is 2.81 bits per heavy atom. The van der Waals surface area contributed by atoms with E-state index < -0.39 is 11.6 Å². The van der Waals surface area contributed by atoms with Crippen LogP contribution in [0.25, 0.3) is 0 Å². The van der Waals surface area contributed by atoms with Gasteiger partial charge in [0, 0.05) is 31.6 Å². The predicted octanol–water partition coefficient (Wildman–Crippen LogP) is 3.82. The zero-order valence-corrected chi connectivity index (χ0v) is 14.7. The minimum atomic E-state index is -0.441. The van der Waals surface area contributed by atoms with Crippen LogP contribution in [0.15, 0.2) is 54.7 Å². The summed E-state index contributed by atoms with van der Waals surface area (Å²) in [5, 5.41) is 2.86. The van der Waals surface area contributed by atoms with Crippen LogP contribution >= 0.6 is 0 Å². The third-order valence-corrected chi connectivity index (χ3v) is 4.92. The molecule has 0 saturated heterocycles. The standard InChI is InChI=1S/C21H19F2N3O/c22-16-7-8-18(23)17(10-16)15-6-9-20-25-19(13-26(20)12-15)21(27)24-11-14-4-2-1-3-5-14/h1-5,7-8,10,13,15H,6,9,11-12H2,(H,24,27). The molecule has 1 unspecified atom stereocenters. The average molecular weight is 367 g/mol. The molecule has 4 rings (SSSR count). The number of hydrogen-bond acceptors (Lipinski definition) is 2. The van der Waals surface area contributed by atoms with E-state index in [0.717, 1.165) is 23.5 Å². The summed E-state index contributed by atoms with van der Waals surface area (Å²) in [6.45, 7) is 0.910. The number of aryl methyl sites for hydroxylation is 1. The molecule has 1 aliphatic rings. The molecule has 138 valence electrons. The fourth-order valence-electron chi connectivity index (χ4n) is 3.50. The van der Waals surface area contributed by atoms with Crippen molar-refractivity contribution in [3.8, 4) is 0 Å². The molecule has 3 aromatic rings. The fourth-order valence-corrected chi connectivity index (χ4v) is 3.50. The molecule has 2 heterocycles. The quantitative estimate of drug-likeness (QED) is 0.762. The molecule has 2 aromatic carbocycles. The van der Waals surface area contributed by atoms with Crippen LogP contribution in [0.3, 0.4) is 0 Å². The van der Waals surface area contributed by atoms with Gasteiger partial charge in [-0.05, 0) is 35.7 Å². The van der Waals surface area contributed by atoms with Gasteiger partial charge >= 0.3 is 0 Å². The molecule has 0 bridgehead atoms. The molecule has 0 fully saturated rings. The van der Waals surface area contributed by atoms with E-state index in [9.17, 15) is 13.6 Å². The number of imidazole rings is 1. The summed E-state index contributed by atoms with van der Waals surface area (Å²) < 4.78 is 29.4. The third-order valence-electron chi connectivity index (χ3n) is 4.92. The minimum absolute atomic E-state index is 0.136. The van der Waals surface area contributed by atoms with Crippen LogP contribution < -0.4 is 5.32 Å². The number of nitrogens with zero attached hydrogens (tertiary/aromatic N) is 2. The summed E-state index contributed by atoms with van der Waals surface area (Å²) in [7, 11) is 0. The molecule has 1 aliphatic heterocycles. The highest BCUT2D eigenvalue weighted by Gasteiger charge is 2.25. The van der Waals surface area contributed by atoms with Gasteiger partial charge in [0.25, 0.3) is 5.91 Å². The van der Waals surface area contributed by atoms with Crippen LogP contribution in [0.2, 0.25) is 0 Å². The molecule has 1 N–H and O–H groups in total. The molecular formula is C21H19F2N3O. The van der Waals surface area contributed by atoms with Crippen LogP contribution in [-0.2, 0) is 19.5 Å². The second-order valence-corrected chi connectivity index (χ2v) is 6.76. The number of carbonyl (C=O) groups is 1. The van der Waals surface area contributed by atoms with Crippen molar-refractivity contribution in [1.29, 1.82) is 0 Å². The van der Waals surface area contributed by atoms with Gasteiger partial charge in [-0.3, -0.25) is 4.79 Å². The highest BCUT2D eigenvalue weighted by Crippen LogP contribution is 2.30. The van der Waals surface area contributed by atoms with Crippen molar-refractivity contribution in [1.82, 2.24) is 14.9 Å². The maximum Gasteiger partial charge on any atom is 0.271 e. The summed E-state index contributed by atoms with van der Waals surface area (Å²) >= 11 is 0. The van der Waals surface area contributed by atoms with Crippen molar-refractivity contribution in [2.75, 3.05) is 0 Å². The Morgan fingerprint density at radius 2 is 2.00 bits per heavy atom. The lowest BCUT2D eigenvalue weighted by atomic mass is 9.91. The number of fused-ring (bicyclic) bond motifs is 1. The van der Waals surface area contributed by atoms with E-state index >= 15 is 0 Å². The second kappa shape index (κ2) is 7.31. The summed E-state index contributed by atoms with van der Waals surface area (Å²) in [4.78, 5) is 16.8. The Morgan fingerprint density at radius 1 is 1.19 bits per heavy atom. The molecule has 0 radical (unpaired) electrons. The maximum absolute atomic E-state index is 14.1. The van der Waals surface area contributed by atoms with E-state index in [1.54, 1.807) is 6.20 Å². The number of benzene rings is 2. The van der Waals surface area contributed by atoms with E-state index in [2.05, 4.69) is 10.3 Å². The Balaban J connectivity index is 1.47. The zero-order valence-electron chi connectivity index (χ0n) is 14.7. The lowest BCUT2D eigenvalue weighted by molar-refractivity contribution is 0.0946. The lowest BCUT2D eigenvalue weighted by Crippen LogP contribution is -2.23. The smallest absolute Gasteiger partial charge is 0.271 e. The van der Waals surface area contributed by atoms with Crippen molar-refractivity contribution in [3.05, 3.63) is 89.0 Å². The number of halogens is 2. The van der Waals surface area contributed by atoms with Gasteiger partial charge in [0.1, 0.15) is 23.2 Å². The highest BCUT2D eigenvalue weighted by molar-refractivity contribution is 5.92. The minimum Gasteiger partial charge on any atom is -0.347 e. The Bertz CT molecular complexity index is 969. The largest absolute Gasteiger partial charge is 0.347 e. The molecule has 0 aliphatic carbocycles. The molecule has 1 atom stereocenters. The van der Waals surface area contributed by atoms with Crippen LogP contribution in [-0.4, -0.2) is 15.5 Å². The number of aromatic nitrogens is 2. The zero-order chi connectivity index (χ0) is 18.8. The maximum atomic E-state index is 14.1. The molecule has 27 heavy (non-hydrogen) atoms. The van der Waals surface area contributed by atoms with Gasteiger partial charge in [0.2, 0.25) is 0 Å². The van der Waals surface area contributed by atoms with Crippen molar-refractivity contribution in [2.24, 2.45) is 0 Å². The van der Waals surface area contributed by atoms with Crippen molar-refractivity contribution in [2.45, 2.75) is 31.8 Å². The molecule has 4 nitrogen and oxygen atoms in total. The van der Waals surface area contributed by atoms with Gasteiger partial charge in [-0.15, -0.1) is 0 Å². The Labute approximate surface area is 155 Å². The van der Waals surface area contributed by atoms with E-state index in [1.807, 2.05) is 34.9 Å². The summed E-state index contributed by atoms with van der Waals surface area (Å²) in [6, 6.07) is 13.2. The second-order valence-electron chi connectivity index (χ2n) is 6.76. The number of rotatable bonds is 4. The molecule has 0 spiro atoms. The first-order chi connectivity index (χ1) is 13.1. The Kier molecular flexibility index (Phi) is 4.71. The van der Waals surface area contributed by atoms with Crippen LogP contribution in [0.1, 0.15) is 39.8 Å². The number of amides is 1. The van der Waals surface area contributed by atoms with Crippen LogP contribution in [0, 0.1) is 11.6 Å². The first kappa shape index (κ1) is 17.4. The molecule has 0 saturated carbocycles. The molecule has 1 aromatic heterocycles. The first-order valence-corrected chi connectivity index (χ1v) is 8.93. The normalized spacial score (nSPS) is 16.0. The van der Waals surface area contributed by atoms with Gasteiger partial charge in [-0.25, -0.2) is 13.8 Å². The van der Waals surface area contributed by atoms with Gasteiger partial charge in [-0.2, -0.15) is 0 Å². The number of nitrogens with one attached hydrogen (secondary N) is 1. The summed E-state index contributed by atoms with van der Waals surface area (Å²) in [5.74, 6) is -0.417. The third kappa shape index (κ3) is 3.74. The summed E-state index contributed by atoms with van der Waals surface area (Å²) in [5.41, 5.74) is 1.74. The van der Waals surface area contributed by atoms with Gasteiger partial charge < -0.3 is 9.88 Å². The summed E-state index contributed by atoms with van der Waals surface area (Å²) in [6.07, 6.45) is 2.98. The monoisotopic (exact) mass is 367 g/mol. The topological polar surface area (TPSA) is 46.9 Å². The SMILES string of the molecule is O=C(NCc1ccccc1)c1cn2c(n1)CCC(c1cc(F)ccc1F)C2. The fraction of sp³-hybridized carbons (Fsp3) is 0.238. The van der Waals surface area contributed by atoms with Crippen LogP contribution in [0.5, 0.6) is 0 Å².